The fourth-order valence-corrected chi connectivity index (χ4v) is 7.80. The van der Waals surface area contributed by atoms with Crippen LogP contribution in [-0.4, -0.2) is 108 Å². The Morgan fingerprint density at radius 2 is 1.79 bits per heavy atom. The lowest BCUT2D eigenvalue weighted by molar-refractivity contribution is -0.148. The number of nitrogens with zero attached hydrogens (tertiary/aromatic N) is 4. The molecule has 3 heterocycles. The molecule has 4 fully saturated rings. The van der Waals surface area contributed by atoms with Gasteiger partial charge in [0.15, 0.2) is 9.84 Å². The van der Waals surface area contributed by atoms with Crippen LogP contribution in [0.25, 0.3) is 0 Å². The zero-order chi connectivity index (χ0) is 27.9. The summed E-state index contributed by atoms with van der Waals surface area (Å²) in [5.41, 5.74) is -0.952. The van der Waals surface area contributed by atoms with Gasteiger partial charge in [0.25, 0.3) is 0 Å². The lowest BCUT2D eigenvalue weighted by Gasteiger charge is -2.48. The van der Waals surface area contributed by atoms with Crippen LogP contribution in [0.3, 0.4) is 0 Å². The number of ether oxygens (including phenoxy) is 1. The number of rotatable bonds is 7. The molecule has 1 aromatic rings. The minimum atomic E-state index is -3.95. The molecule has 1 saturated carbocycles. The Balaban J connectivity index is 1.37. The average molecular weight is 560 g/mol. The molecule has 3 atom stereocenters. The van der Waals surface area contributed by atoms with Gasteiger partial charge in [-0.15, -0.1) is 0 Å². The van der Waals surface area contributed by atoms with Gasteiger partial charge >= 0.3 is 6.09 Å². The summed E-state index contributed by atoms with van der Waals surface area (Å²) in [6, 6.07) is 6.92. The lowest BCUT2D eigenvalue weighted by Crippen LogP contribution is -2.63. The van der Waals surface area contributed by atoms with Gasteiger partial charge in [-0.05, 0) is 50.7 Å². The van der Waals surface area contributed by atoms with Crippen molar-refractivity contribution in [2.45, 2.75) is 72.3 Å². The van der Waals surface area contributed by atoms with Gasteiger partial charge in [0.1, 0.15) is 22.2 Å². The molecule has 5 rings (SSSR count). The molecule has 13 heteroatoms. The highest BCUT2D eigenvalue weighted by Gasteiger charge is 2.52. The first-order valence-electron chi connectivity index (χ1n) is 13.2. The molecule has 0 radical (unpaired) electrons. The van der Waals surface area contributed by atoms with Crippen LogP contribution in [0.4, 0.5) is 4.79 Å². The Bertz CT molecular complexity index is 1300. The van der Waals surface area contributed by atoms with Gasteiger partial charge in [0.2, 0.25) is 11.8 Å². The first kappa shape index (κ1) is 27.2. The summed E-state index contributed by atoms with van der Waals surface area (Å²) in [6.07, 6.45) is 1.79. The van der Waals surface area contributed by atoms with Crippen molar-refractivity contribution in [2.24, 2.45) is 0 Å². The quantitative estimate of drug-likeness (QED) is 0.493. The predicted octanol–water partition coefficient (Wildman–Crippen LogP) is 0.827. The summed E-state index contributed by atoms with van der Waals surface area (Å²) < 4.78 is 32.7. The molecule has 2 N–H and O–H groups in total. The smallest absolute Gasteiger partial charge is 0.407 e. The largest absolute Gasteiger partial charge is 0.495 e. The summed E-state index contributed by atoms with van der Waals surface area (Å²) in [4.78, 5) is 43.3. The number of carbonyl (C=O) groups is 3. The molecular formula is C26H33N5O7S. The van der Waals surface area contributed by atoms with E-state index in [0.29, 0.717) is 51.7 Å². The number of sulfone groups is 1. The van der Waals surface area contributed by atoms with E-state index in [1.54, 1.807) is 18.2 Å². The number of benzene rings is 1. The maximum absolute atomic E-state index is 13.9. The topological polar surface area (TPSA) is 160 Å². The average Bonchev–Trinajstić information content (AvgIpc) is 3.52. The number of likely N-dealkylation sites (tertiary alicyclic amines) is 3. The van der Waals surface area contributed by atoms with Crippen LogP contribution in [0.2, 0.25) is 0 Å². The SMILES string of the molecule is COc1ccccc1S(=O)(=O)[C@@H]1C[C@@H](C(=O)NC2(C#N)CC2)N(C(=O)C2CCN2C2CCN(C(=O)O)CC2)C1. The molecular weight excluding hydrogens is 526 g/mol. The number of methoxy groups -OCH3 is 1. The normalized spacial score (nSPS) is 26.8. The fraction of sp³-hybridized carbons (Fsp3) is 0.615. The Morgan fingerprint density at radius 1 is 1.10 bits per heavy atom. The third-order valence-corrected chi connectivity index (χ3v) is 10.7. The van der Waals surface area contributed by atoms with E-state index in [-0.39, 0.29) is 35.6 Å². The molecule has 4 aliphatic rings. The highest BCUT2D eigenvalue weighted by atomic mass is 32.2. The first-order valence-corrected chi connectivity index (χ1v) is 14.8. The minimum absolute atomic E-state index is 0.0112. The molecule has 1 aliphatic carbocycles. The van der Waals surface area contributed by atoms with E-state index >= 15 is 0 Å². The van der Waals surface area contributed by atoms with Crippen molar-refractivity contribution >= 4 is 27.7 Å². The number of carboxylic acid groups (broad SMARTS) is 1. The van der Waals surface area contributed by atoms with Gasteiger partial charge in [-0.25, -0.2) is 13.2 Å². The summed E-state index contributed by atoms with van der Waals surface area (Å²) in [5.74, 6) is -0.620. The number of nitrogens with one attached hydrogen (secondary N) is 1. The van der Waals surface area contributed by atoms with E-state index in [9.17, 15) is 33.2 Å². The Hall–Kier alpha value is -3.37. The summed E-state index contributed by atoms with van der Waals surface area (Å²) >= 11 is 0. The van der Waals surface area contributed by atoms with Crippen molar-refractivity contribution < 1.29 is 32.6 Å². The molecule has 3 amide bonds. The molecule has 0 spiro atoms. The van der Waals surface area contributed by atoms with Crippen molar-refractivity contribution in [1.29, 1.82) is 5.26 Å². The zero-order valence-corrected chi connectivity index (χ0v) is 22.6. The van der Waals surface area contributed by atoms with Crippen LogP contribution >= 0.6 is 0 Å². The van der Waals surface area contributed by atoms with Crippen LogP contribution in [0.5, 0.6) is 5.75 Å². The number of amides is 3. The van der Waals surface area contributed by atoms with E-state index in [2.05, 4.69) is 16.3 Å². The minimum Gasteiger partial charge on any atom is -0.495 e. The lowest BCUT2D eigenvalue weighted by atomic mass is 9.93. The first-order chi connectivity index (χ1) is 18.6. The molecule has 210 valence electrons. The maximum Gasteiger partial charge on any atom is 0.407 e. The maximum atomic E-state index is 13.9. The number of carbonyl (C=O) groups excluding carboxylic acids is 2. The van der Waals surface area contributed by atoms with Crippen LogP contribution in [0, 0.1) is 11.3 Å². The molecule has 0 bridgehead atoms. The van der Waals surface area contributed by atoms with Crippen LogP contribution in [0.1, 0.15) is 38.5 Å². The second-order valence-electron chi connectivity index (χ2n) is 10.8. The molecule has 39 heavy (non-hydrogen) atoms. The molecule has 3 saturated heterocycles. The zero-order valence-electron chi connectivity index (χ0n) is 21.8. The van der Waals surface area contributed by atoms with Crippen LogP contribution < -0.4 is 10.1 Å². The summed E-state index contributed by atoms with van der Waals surface area (Å²) in [6.45, 7) is 1.32. The third kappa shape index (κ3) is 5.03. The highest BCUT2D eigenvalue weighted by Crippen LogP contribution is 2.38. The molecule has 0 aromatic heterocycles. The van der Waals surface area contributed by atoms with Crippen molar-refractivity contribution in [3.8, 4) is 11.8 Å². The third-order valence-electron chi connectivity index (χ3n) is 8.54. The highest BCUT2D eigenvalue weighted by molar-refractivity contribution is 7.92. The van der Waals surface area contributed by atoms with E-state index in [1.807, 2.05) is 0 Å². The number of piperidine rings is 1. The van der Waals surface area contributed by atoms with Crippen LogP contribution in [-0.2, 0) is 19.4 Å². The second kappa shape index (κ2) is 10.3. The number of hydrogen-bond donors (Lipinski definition) is 2. The molecule has 1 unspecified atom stereocenters. The standard InChI is InChI=1S/C26H33N5O7S/c1-38-21-4-2-3-5-22(21)39(36,37)18-14-20(23(32)28-26(16-27)9-10-26)31(15-18)24(33)19-8-13-30(19)17-6-11-29(12-7-17)25(34)35/h2-5,17-20H,6-15H2,1H3,(H,28,32)(H,34,35)/t18-,19?,20+/m1/s1. The van der Waals surface area contributed by atoms with Crippen molar-refractivity contribution in [3.05, 3.63) is 24.3 Å². The number of nitriles is 1. The van der Waals surface area contributed by atoms with Gasteiger partial charge in [0.05, 0.1) is 24.5 Å². The Labute approximate surface area is 227 Å². The molecule has 3 aliphatic heterocycles. The summed E-state index contributed by atoms with van der Waals surface area (Å²) in [5, 5.41) is 20.5. The Morgan fingerprint density at radius 3 is 2.36 bits per heavy atom. The van der Waals surface area contributed by atoms with Gasteiger partial charge in [-0.2, -0.15) is 5.26 Å². The van der Waals surface area contributed by atoms with Gasteiger partial charge in [0, 0.05) is 32.2 Å². The Kier molecular flexibility index (Phi) is 7.19. The van der Waals surface area contributed by atoms with Crippen molar-refractivity contribution in [1.82, 2.24) is 20.0 Å². The number of para-hydroxylation sites is 1. The number of hydrogen-bond acceptors (Lipinski definition) is 8. The predicted molar refractivity (Wildman–Crippen MR) is 138 cm³/mol. The monoisotopic (exact) mass is 559 g/mol. The van der Waals surface area contributed by atoms with E-state index in [1.165, 1.54) is 23.0 Å². The van der Waals surface area contributed by atoms with Crippen molar-refractivity contribution in [3.63, 3.8) is 0 Å². The van der Waals surface area contributed by atoms with Gasteiger partial charge in [-0.3, -0.25) is 14.5 Å². The van der Waals surface area contributed by atoms with E-state index in [0.717, 1.165) is 0 Å². The second-order valence-corrected chi connectivity index (χ2v) is 13.0. The fourth-order valence-electron chi connectivity index (χ4n) is 5.95. The van der Waals surface area contributed by atoms with Gasteiger partial charge in [-0.1, -0.05) is 12.1 Å². The van der Waals surface area contributed by atoms with E-state index in [4.69, 9.17) is 4.74 Å². The molecule has 12 nitrogen and oxygen atoms in total. The van der Waals surface area contributed by atoms with Crippen LogP contribution in [0.15, 0.2) is 29.2 Å². The van der Waals surface area contributed by atoms with E-state index < -0.39 is 44.7 Å². The van der Waals surface area contributed by atoms with Gasteiger partial charge < -0.3 is 25.0 Å². The molecule has 1 aromatic carbocycles. The van der Waals surface area contributed by atoms with Crippen molar-refractivity contribution in [2.75, 3.05) is 33.3 Å². The summed E-state index contributed by atoms with van der Waals surface area (Å²) in [7, 11) is -2.56.